The second kappa shape index (κ2) is 16.6. The highest BCUT2D eigenvalue weighted by atomic mass is 16.5. The van der Waals surface area contributed by atoms with Gasteiger partial charge in [0, 0.05) is 62.9 Å². The van der Waals surface area contributed by atoms with Gasteiger partial charge in [-0.2, -0.15) is 0 Å². The quantitative estimate of drug-likeness (QED) is 0.101. The van der Waals surface area contributed by atoms with E-state index in [9.17, 15) is 0 Å². The van der Waals surface area contributed by atoms with Crippen molar-refractivity contribution >= 4 is 73.1 Å². The van der Waals surface area contributed by atoms with Crippen LogP contribution in [0.25, 0.3) is 43.8 Å². The maximum Gasteiger partial charge on any atom is 0.260 e. The third kappa shape index (κ3) is 6.97. The summed E-state index contributed by atoms with van der Waals surface area (Å²) in [4.78, 5) is 4.53. The number of benzene rings is 10. The van der Waals surface area contributed by atoms with E-state index in [0.717, 1.165) is 101 Å². The predicted octanol–water partition coefficient (Wildman–Crippen LogP) is 14.9. The molecular weight excluding hydrogens is 816 g/mol. The topological polar surface area (TPSA) is 24.9 Å². The molecule has 2 aliphatic heterocycles. The van der Waals surface area contributed by atoms with Crippen LogP contribution in [-0.2, 0) is 0 Å². The smallest absolute Gasteiger partial charge is 0.260 e. The zero-order valence-corrected chi connectivity index (χ0v) is 36.7. The number of ether oxygens (including phenoxy) is 2. The molecule has 0 spiro atoms. The van der Waals surface area contributed by atoms with Gasteiger partial charge in [0.05, 0.1) is 0 Å². The Hall–Kier alpha value is -8.80. The molecule has 0 N–H and O–H groups in total. The average molecular weight is 859 g/mol. The van der Waals surface area contributed by atoms with Gasteiger partial charge in [0.25, 0.3) is 6.71 Å². The third-order valence-electron chi connectivity index (χ3n) is 13.0. The number of nitrogens with zero attached hydrogens (tertiary/aromatic N) is 2. The maximum atomic E-state index is 7.33. The second-order valence-electron chi connectivity index (χ2n) is 17.0. The third-order valence-corrected chi connectivity index (χ3v) is 13.0. The first-order valence-corrected chi connectivity index (χ1v) is 22.7. The molecule has 2 aliphatic rings. The minimum Gasteiger partial charge on any atom is -0.458 e. The van der Waals surface area contributed by atoms with Crippen LogP contribution >= 0.6 is 0 Å². The van der Waals surface area contributed by atoms with Crippen LogP contribution in [0.4, 0.5) is 28.4 Å². The zero-order valence-electron chi connectivity index (χ0n) is 36.7. The minimum absolute atomic E-state index is 0.214. The standard InChI is InChI=1S/C62H43BN2O2/c1-3-18-48(4-2)64(50-31-29-42-19-14-16-25-46(42)37-50)52-33-35-56-58(39-52)66-61-54(44-21-8-5-9-22-44)41-55(45-23-10-6-11-24-45)62-60(61)63(56)57-36-34-53(40-59(57)67-62)65(49-27-12-7-13-28-49)51-32-30-43-20-15-17-26-47(43)38-51/h3-41H,1-2H2/b48-18+. The van der Waals surface area contributed by atoms with E-state index >= 15 is 0 Å². The van der Waals surface area contributed by atoms with Crippen molar-refractivity contribution in [3.05, 3.63) is 255 Å². The lowest BCUT2D eigenvalue weighted by Gasteiger charge is -2.37. The number of para-hydroxylation sites is 1. The van der Waals surface area contributed by atoms with Crippen LogP contribution in [0.2, 0.25) is 0 Å². The van der Waals surface area contributed by atoms with Gasteiger partial charge < -0.3 is 19.3 Å². The molecule has 0 bridgehead atoms. The zero-order chi connectivity index (χ0) is 44.8. The number of hydrogen-bond donors (Lipinski definition) is 0. The van der Waals surface area contributed by atoms with Crippen molar-refractivity contribution < 1.29 is 9.47 Å². The molecule has 316 valence electrons. The van der Waals surface area contributed by atoms with Crippen molar-refractivity contribution in [3.63, 3.8) is 0 Å². The minimum atomic E-state index is -0.214. The molecule has 0 aliphatic carbocycles. The summed E-state index contributed by atoms with van der Waals surface area (Å²) in [6.07, 6.45) is 5.67. The Morgan fingerprint density at radius 2 is 0.866 bits per heavy atom. The van der Waals surface area contributed by atoms with Crippen LogP contribution in [0.1, 0.15) is 0 Å². The highest BCUT2D eigenvalue weighted by Gasteiger charge is 2.43. The fourth-order valence-corrected chi connectivity index (χ4v) is 9.95. The van der Waals surface area contributed by atoms with Crippen molar-refractivity contribution in [1.82, 2.24) is 0 Å². The first-order chi connectivity index (χ1) is 33.1. The van der Waals surface area contributed by atoms with Crippen LogP contribution in [0.15, 0.2) is 255 Å². The van der Waals surface area contributed by atoms with Gasteiger partial charge in [-0.3, -0.25) is 0 Å². The number of rotatable bonds is 10. The number of fused-ring (bicyclic) bond motifs is 6. The molecule has 10 aromatic rings. The molecule has 0 atom stereocenters. The van der Waals surface area contributed by atoms with Gasteiger partial charge in [-0.25, -0.2) is 0 Å². The molecule has 2 heterocycles. The average Bonchev–Trinajstić information content (AvgIpc) is 3.39. The Balaban J connectivity index is 1.08. The highest BCUT2D eigenvalue weighted by molar-refractivity contribution is 6.98. The van der Waals surface area contributed by atoms with Crippen molar-refractivity contribution in [1.29, 1.82) is 0 Å². The summed E-state index contributed by atoms with van der Waals surface area (Å²) in [5.74, 6) is 3.15. The Morgan fingerprint density at radius 3 is 1.43 bits per heavy atom. The molecule has 0 radical (unpaired) electrons. The van der Waals surface area contributed by atoms with Crippen molar-refractivity contribution in [2.75, 3.05) is 9.80 Å². The molecule has 5 heteroatoms. The molecule has 0 aromatic heterocycles. The van der Waals surface area contributed by atoms with Gasteiger partial charge in [-0.1, -0.05) is 171 Å². The molecule has 10 aromatic carbocycles. The summed E-state index contributed by atoms with van der Waals surface area (Å²) in [6, 6.07) is 77.3. The van der Waals surface area contributed by atoms with Crippen LogP contribution in [-0.4, -0.2) is 6.71 Å². The number of hydrogen-bond acceptors (Lipinski definition) is 4. The van der Waals surface area contributed by atoms with E-state index in [4.69, 9.17) is 9.47 Å². The highest BCUT2D eigenvalue weighted by Crippen LogP contribution is 2.48. The van der Waals surface area contributed by atoms with Gasteiger partial charge in [-0.15, -0.1) is 0 Å². The summed E-state index contributed by atoms with van der Waals surface area (Å²) in [7, 11) is 0. The lowest BCUT2D eigenvalue weighted by atomic mass is 9.34. The number of allylic oxidation sites excluding steroid dienone is 3. The van der Waals surface area contributed by atoms with Gasteiger partial charge >= 0.3 is 0 Å². The summed E-state index contributed by atoms with van der Waals surface area (Å²) in [5, 5.41) is 4.70. The molecule has 0 saturated carbocycles. The Labute approximate surface area is 391 Å². The molecule has 67 heavy (non-hydrogen) atoms. The fourth-order valence-electron chi connectivity index (χ4n) is 9.95. The Bertz CT molecular complexity index is 3590. The lowest BCUT2D eigenvalue weighted by molar-refractivity contribution is 0.467. The van der Waals surface area contributed by atoms with Gasteiger partial charge in [0.2, 0.25) is 0 Å². The predicted molar refractivity (Wildman–Crippen MR) is 282 cm³/mol. The van der Waals surface area contributed by atoms with Gasteiger partial charge in [-0.05, 0) is 110 Å². The Morgan fingerprint density at radius 1 is 0.418 bits per heavy atom. The summed E-state index contributed by atoms with van der Waals surface area (Å²) < 4.78 is 14.7. The normalized spacial score (nSPS) is 12.3. The van der Waals surface area contributed by atoms with Crippen molar-refractivity contribution in [3.8, 4) is 45.3 Å². The summed E-state index contributed by atoms with van der Waals surface area (Å²) >= 11 is 0. The SMILES string of the molecule is C=C/C=C(\C=C)N(c1ccc2c(c1)Oc1c(-c3ccccc3)cc(-c3ccccc3)c3c1B2c1ccc(N(c2ccccc2)c2ccc4ccccc4c2)cc1O3)c1ccc2ccccc2c1. The van der Waals surface area contributed by atoms with E-state index < -0.39 is 0 Å². The summed E-state index contributed by atoms with van der Waals surface area (Å²) in [5.41, 5.74) is 13.2. The first-order valence-electron chi connectivity index (χ1n) is 22.7. The fraction of sp³-hybridized carbons (Fsp3) is 0. The first kappa shape index (κ1) is 39.8. The lowest BCUT2D eigenvalue weighted by Crippen LogP contribution is -2.57. The largest absolute Gasteiger partial charge is 0.458 e. The summed E-state index contributed by atoms with van der Waals surface area (Å²) in [6.45, 7) is 8.09. The van der Waals surface area contributed by atoms with Crippen LogP contribution in [0.5, 0.6) is 23.0 Å². The molecule has 0 saturated heterocycles. The van der Waals surface area contributed by atoms with E-state index in [1.165, 1.54) is 16.2 Å². The molecule has 4 nitrogen and oxygen atoms in total. The van der Waals surface area contributed by atoms with E-state index in [2.05, 4.69) is 241 Å². The van der Waals surface area contributed by atoms with E-state index in [-0.39, 0.29) is 6.71 Å². The van der Waals surface area contributed by atoms with Crippen LogP contribution in [0.3, 0.4) is 0 Å². The number of anilines is 5. The van der Waals surface area contributed by atoms with Crippen LogP contribution in [0, 0.1) is 0 Å². The molecular formula is C62H43BN2O2. The Kier molecular flexibility index (Phi) is 9.88. The molecule has 0 amide bonds. The molecule has 12 rings (SSSR count). The monoisotopic (exact) mass is 858 g/mol. The maximum absolute atomic E-state index is 7.33. The van der Waals surface area contributed by atoms with Gasteiger partial charge in [0.1, 0.15) is 23.0 Å². The molecule has 0 fully saturated rings. The van der Waals surface area contributed by atoms with E-state index in [1.54, 1.807) is 6.08 Å². The van der Waals surface area contributed by atoms with Crippen LogP contribution < -0.4 is 35.7 Å². The van der Waals surface area contributed by atoms with Crippen molar-refractivity contribution in [2.45, 2.75) is 0 Å². The molecule has 0 unspecified atom stereocenters. The second-order valence-corrected chi connectivity index (χ2v) is 17.0. The van der Waals surface area contributed by atoms with E-state index in [0.29, 0.717) is 0 Å². The van der Waals surface area contributed by atoms with Crippen molar-refractivity contribution in [2.24, 2.45) is 0 Å². The van der Waals surface area contributed by atoms with E-state index in [1.807, 2.05) is 12.2 Å². The van der Waals surface area contributed by atoms with Gasteiger partial charge in [0.15, 0.2) is 0 Å².